The second-order valence-corrected chi connectivity index (χ2v) is 15.4. The Morgan fingerprint density at radius 3 is 2.11 bits per heavy atom. The van der Waals surface area contributed by atoms with Gasteiger partial charge in [0, 0.05) is 30.2 Å². The number of thioether (sulfide) groups is 1. The van der Waals surface area contributed by atoms with Gasteiger partial charge in [-0.25, -0.2) is 0 Å². The summed E-state index contributed by atoms with van der Waals surface area (Å²) >= 11 is 1.37. The SMILES string of the molecule is CCCCCCCCCCCCCCCC(=O)OCCSC[C@@H](N)C(=O)N[C@@H](CO)C(=O)Nc1ccc(Cn2c(O)nc3c(N)nc(NCCCC)nc32)cc1. The van der Waals surface area contributed by atoms with Gasteiger partial charge in [0.05, 0.1) is 19.2 Å². The molecule has 2 aromatic heterocycles. The van der Waals surface area contributed by atoms with Gasteiger partial charge in [-0.1, -0.05) is 109 Å². The Morgan fingerprint density at radius 1 is 0.857 bits per heavy atom. The van der Waals surface area contributed by atoms with Crippen LogP contribution in [0.15, 0.2) is 24.3 Å². The lowest BCUT2D eigenvalue weighted by Gasteiger charge is -2.19. The average Bonchev–Trinajstić information content (AvgIpc) is 3.50. The summed E-state index contributed by atoms with van der Waals surface area (Å²) < 4.78 is 6.84. The van der Waals surface area contributed by atoms with Gasteiger partial charge in [-0.2, -0.15) is 26.7 Å². The fraction of sp³-hybridized carbons (Fsp3) is 0.650. The van der Waals surface area contributed by atoms with Gasteiger partial charge < -0.3 is 42.4 Å². The summed E-state index contributed by atoms with van der Waals surface area (Å²) in [4.78, 5) is 50.5. The number of hydrogen-bond donors (Lipinski definition) is 7. The number of anilines is 3. The number of aromatic nitrogens is 4. The number of imidazole rings is 1. The molecule has 0 bridgehead atoms. The molecule has 0 aliphatic rings. The minimum Gasteiger partial charge on any atom is -0.480 e. The Labute approximate surface area is 335 Å². The lowest BCUT2D eigenvalue weighted by atomic mass is 10.0. The van der Waals surface area contributed by atoms with Crippen molar-refractivity contribution in [3.05, 3.63) is 29.8 Å². The van der Waals surface area contributed by atoms with Crippen molar-refractivity contribution in [2.45, 2.75) is 135 Å². The zero-order chi connectivity index (χ0) is 40.5. The number of carbonyl (C=O) groups is 3. The number of nitrogens with two attached hydrogens (primary N) is 2. The van der Waals surface area contributed by atoms with Crippen molar-refractivity contribution < 1.29 is 29.3 Å². The third kappa shape index (κ3) is 16.9. The van der Waals surface area contributed by atoms with E-state index in [1.165, 1.54) is 80.5 Å². The summed E-state index contributed by atoms with van der Waals surface area (Å²) in [5.41, 5.74) is 14.0. The number of nitrogen functional groups attached to an aromatic ring is 1. The number of ether oxygens (including phenoxy) is 1. The lowest BCUT2D eigenvalue weighted by molar-refractivity contribution is -0.143. The quantitative estimate of drug-likeness (QED) is 0.0309. The van der Waals surface area contributed by atoms with Crippen molar-refractivity contribution in [1.29, 1.82) is 0 Å². The number of hydrogen-bond acceptors (Lipinski definition) is 13. The number of fused-ring (bicyclic) bond motifs is 1. The molecular weight excluding hydrogens is 735 g/mol. The Morgan fingerprint density at radius 2 is 1.48 bits per heavy atom. The first-order valence-corrected chi connectivity index (χ1v) is 21.6. The van der Waals surface area contributed by atoms with E-state index in [-0.39, 0.29) is 36.7 Å². The molecule has 9 N–H and O–H groups in total. The van der Waals surface area contributed by atoms with Crippen LogP contribution in [0, 0.1) is 0 Å². The van der Waals surface area contributed by atoms with E-state index in [1.54, 1.807) is 24.3 Å². The zero-order valence-corrected chi connectivity index (χ0v) is 34.2. The minimum absolute atomic E-state index is 0.152. The maximum atomic E-state index is 12.9. The number of aliphatic hydroxyl groups is 1. The van der Waals surface area contributed by atoms with E-state index in [9.17, 15) is 24.6 Å². The number of nitrogens with zero attached hydrogens (tertiary/aromatic N) is 4. The van der Waals surface area contributed by atoms with Crippen LogP contribution in [0.25, 0.3) is 11.2 Å². The average molecular weight is 800 g/mol. The Balaban J connectivity index is 1.30. The van der Waals surface area contributed by atoms with Crippen molar-refractivity contribution in [3.63, 3.8) is 0 Å². The molecule has 0 saturated heterocycles. The van der Waals surface area contributed by atoms with Gasteiger partial charge in [0.15, 0.2) is 17.0 Å². The molecule has 15 nitrogen and oxygen atoms in total. The van der Waals surface area contributed by atoms with Crippen LogP contribution < -0.4 is 27.4 Å². The first kappa shape index (κ1) is 46.2. The standard InChI is InChI=1S/C40H65N9O6S/c1-3-5-7-8-9-10-11-12-13-14-15-16-17-18-33(51)55-24-25-56-28-31(41)37(52)45-32(27-50)38(53)44-30-21-19-29(20-22-30)26-49-36-34(46-40(49)54)35(42)47-39(48-36)43-23-6-4-2/h19-22,31-32,50H,3-18,23-28,41H2,1-2H3,(H,44,53)(H,45,52)(H,46,54)(H3,42,43,47,48)/t31-,32+/m1/s1. The largest absolute Gasteiger partial charge is 0.480 e. The summed E-state index contributed by atoms with van der Waals surface area (Å²) in [7, 11) is 0. The van der Waals surface area contributed by atoms with E-state index in [1.807, 2.05) is 0 Å². The molecule has 0 aliphatic carbocycles. The van der Waals surface area contributed by atoms with Crippen LogP contribution in [0.3, 0.4) is 0 Å². The van der Waals surface area contributed by atoms with E-state index >= 15 is 0 Å². The number of esters is 1. The molecule has 0 fully saturated rings. The molecule has 0 unspecified atom stereocenters. The summed E-state index contributed by atoms with van der Waals surface area (Å²) in [5, 5.41) is 28.7. The maximum absolute atomic E-state index is 12.9. The smallest absolute Gasteiger partial charge is 0.305 e. The molecule has 1 aromatic carbocycles. The van der Waals surface area contributed by atoms with Crippen LogP contribution in [0.5, 0.6) is 6.01 Å². The first-order valence-electron chi connectivity index (χ1n) is 20.4. The van der Waals surface area contributed by atoms with E-state index in [4.69, 9.17) is 16.2 Å². The fourth-order valence-electron chi connectivity index (χ4n) is 6.05. The van der Waals surface area contributed by atoms with E-state index in [0.29, 0.717) is 41.5 Å². The van der Waals surface area contributed by atoms with Crippen LogP contribution in [0.2, 0.25) is 0 Å². The second kappa shape index (κ2) is 26.7. The summed E-state index contributed by atoms with van der Waals surface area (Å²) in [5.74, 6) is -0.167. The van der Waals surface area contributed by atoms with Crippen LogP contribution in [-0.2, 0) is 25.7 Å². The van der Waals surface area contributed by atoms with Crippen molar-refractivity contribution in [2.75, 3.05) is 47.6 Å². The molecule has 16 heteroatoms. The van der Waals surface area contributed by atoms with Gasteiger partial charge in [-0.3, -0.25) is 19.0 Å². The highest BCUT2D eigenvalue weighted by atomic mass is 32.2. The van der Waals surface area contributed by atoms with Gasteiger partial charge in [0.1, 0.15) is 12.6 Å². The normalized spacial score (nSPS) is 12.4. The van der Waals surface area contributed by atoms with E-state index in [0.717, 1.165) is 37.7 Å². The molecular formula is C40H65N9O6S. The van der Waals surface area contributed by atoms with E-state index < -0.39 is 30.5 Å². The molecule has 3 aromatic rings. The predicted molar refractivity (Wildman–Crippen MR) is 225 cm³/mol. The monoisotopic (exact) mass is 799 g/mol. The van der Waals surface area contributed by atoms with Gasteiger partial charge >= 0.3 is 5.97 Å². The highest BCUT2D eigenvalue weighted by molar-refractivity contribution is 7.99. The second-order valence-electron chi connectivity index (χ2n) is 14.2. The van der Waals surface area contributed by atoms with Crippen LogP contribution in [0.4, 0.5) is 17.5 Å². The third-order valence-corrected chi connectivity index (χ3v) is 10.5. The number of aliphatic hydroxyl groups excluding tert-OH is 1. The third-order valence-electron chi connectivity index (χ3n) is 9.40. The molecule has 0 aliphatic heterocycles. The number of amides is 2. The first-order chi connectivity index (χ1) is 27.2. The zero-order valence-electron chi connectivity index (χ0n) is 33.4. The lowest BCUT2D eigenvalue weighted by Crippen LogP contribution is -2.52. The molecule has 3 rings (SSSR count). The minimum atomic E-state index is -1.22. The molecule has 2 amide bonds. The molecule has 0 spiro atoms. The Hall–Kier alpha value is -4.15. The maximum Gasteiger partial charge on any atom is 0.305 e. The molecule has 312 valence electrons. The molecule has 56 heavy (non-hydrogen) atoms. The molecule has 0 radical (unpaired) electrons. The topological polar surface area (TPSA) is 233 Å². The highest BCUT2D eigenvalue weighted by Gasteiger charge is 2.24. The molecule has 2 atom stereocenters. The van der Waals surface area contributed by atoms with Crippen LogP contribution in [0.1, 0.15) is 122 Å². The van der Waals surface area contributed by atoms with Gasteiger partial charge in [-0.15, -0.1) is 0 Å². The number of carbonyl (C=O) groups excluding carboxylic acids is 3. The van der Waals surface area contributed by atoms with Crippen molar-refractivity contribution in [3.8, 4) is 6.01 Å². The number of rotatable bonds is 30. The summed E-state index contributed by atoms with van der Waals surface area (Å²) in [6.45, 7) is 4.83. The van der Waals surface area contributed by atoms with E-state index in [2.05, 4.69) is 44.7 Å². The number of aromatic hydroxyl groups is 1. The van der Waals surface area contributed by atoms with Crippen molar-refractivity contribution >= 4 is 58.2 Å². The number of benzene rings is 1. The highest BCUT2D eigenvalue weighted by Crippen LogP contribution is 2.25. The van der Waals surface area contributed by atoms with Crippen LogP contribution in [-0.4, -0.2) is 90.9 Å². The Kier molecular flexibility index (Phi) is 22.0. The summed E-state index contributed by atoms with van der Waals surface area (Å²) in [6, 6.07) is 4.42. The predicted octanol–water partition coefficient (Wildman–Crippen LogP) is 5.88. The Bertz CT molecular complexity index is 1610. The summed E-state index contributed by atoms with van der Waals surface area (Å²) in [6.07, 6.45) is 18.6. The number of nitrogens with one attached hydrogen (secondary N) is 3. The van der Waals surface area contributed by atoms with Gasteiger partial charge in [0.25, 0.3) is 6.01 Å². The van der Waals surface area contributed by atoms with Gasteiger partial charge in [0.2, 0.25) is 17.8 Å². The fourth-order valence-corrected chi connectivity index (χ4v) is 6.82. The van der Waals surface area contributed by atoms with Crippen LogP contribution >= 0.6 is 11.8 Å². The van der Waals surface area contributed by atoms with Crippen molar-refractivity contribution in [2.24, 2.45) is 5.73 Å². The molecule has 0 saturated carbocycles. The molecule has 2 heterocycles. The number of unbranched alkanes of at least 4 members (excludes halogenated alkanes) is 13. The van der Waals surface area contributed by atoms with Gasteiger partial charge in [-0.05, 0) is 30.5 Å². The van der Waals surface area contributed by atoms with Crippen molar-refractivity contribution in [1.82, 2.24) is 24.8 Å².